The molecule has 0 bridgehead atoms. The van der Waals surface area contributed by atoms with Gasteiger partial charge in [0.25, 0.3) is 0 Å². The number of rotatable bonds is 7. The van der Waals surface area contributed by atoms with Crippen molar-refractivity contribution in [1.82, 2.24) is 10.1 Å². The second-order valence-corrected chi connectivity index (χ2v) is 8.53. The molecule has 7 heteroatoms. The van der Waals surface area contributed by atoms with Gasteiger partial charge in [-0.05, 0) is 19.1 Å². The Morgan fingerprint density at radius 3 is 2.67 bits per heavy atom. The number of hydrogen-bond acceptors (Lipinski definition) is 6. The molecular formula is C14H18N2O3S2. The summed E-state index contributed by atoms with van der Waals surface area (Å²) < 4.78 is 27.4. The van der Waals surface area contributed by atoms with E-state index in [-0.39, 0.29) is 11.0 Å². The van der Waals surface area contributed by atoms with Crippen molar-refractivity contribution in [3.63, 3.8) is 0 Å². The molecule has 1 heterocycles. The van der Waals surface area contributed by atoms with Gasteiger partial charge in [0.05, 0.1) is 11.0 Å². The summed E-state index contributed by atoms with van der Waals surface area (Å²) in [5.41, 5.74) is 0.918. The first-order valence-corrected chi connectivity index (χ1v) is 9.75. The molecular weight excluding hydrogens is 308 g/mol. The molecule has 2 aromatic rings. The Balaban J connectivity index is 1.89. The molecule has 1 aromatic heterocycles. The summed E-state index contributed by atoms with van der Waals surface area (Å²) in [6, 6.07) is 9.64. The number of thioether (sulfide) groups is 1. The minimum absolute atomic E-state index is 0.0505. The molecule has 0 N–H and O–H groups in total. The van der Waals surface area contributed by atoms with Gasteiger partial charge in [0, 0.05) is 11.8 Å². The molecule has 114 valence electrons. The zero-order valence-electron chi connectivity index (χ0n) is 12.0. The number of nitrogens with zero attached hydrogens (tertiary/aromatic N) is 2. The second-order valence-electron chi connectivity index (χ2n) is 4.82. The van der Waals surface area contributed by atoms with Crippen molar-refractivity contribution in [3.05, 3.63) is 36.2 Å². The van der Waals surface area contributed by atoms with Crippen LogP contribution in [0.5, 0.6) is 0 Å². The maximum atomic E-state index is 11.1. The zero-order chi connectivity index (χ0) is 15.3. The standard InChI is InChI=1S/C14H18N2O3S2/c1-11(20-9-6-10-21(2,17)18)14-15-13(16-19-14)12-7-4-3-5-8-12/h3-5,7-8,11H,6,9-10H2,1-2H3. The Morgan fingerprint density at radius 1 is 1.29 bits per heavy atom. The van der Waals surface area contributed by atoms with Crippen LogP contribution in [0, 0.1) is 0 Å². The minimum atomic E-state index is -2.88. The second kappa shape index (κ2) is 7.09. The van der Waals surface area contributed by atoms with E-state index >= 15 is 0 Å². The van der Waals surface area contributed by atoms with Crippen molar-refractivity contribution in [2.75, 3.05) is 17.8 Å². The van der Waals surface area contributed by atoms with Crippen LogP contribution in [0.3, 0.4) is 0 Å². The van der Waals surface area contributed by atoms with E-state index in [1.807, 2.05) is 37.3 Å². The van der Waals surface area contributed by atoms with Crippen LogP contribution in [-0.2, 0) is 9.84 Å². The van der Waals surface area contributed by atoms with Crippen molar-refractivity contribution < 1.29 is 12.9 Å². The fourth-order valence-electron chi connectivity index (χ4n) is 1.76. The van der Waals surface area contributed by atoms with Gasteiger partial charge in [-0.25, -0.2) is 8.42 Å². The lowest BCUT2D eigenvalue weighted by atomic mass is 10.2. The molecule has 21 heavy (non-hydrogen) atoms. The Hall–Kier alpha value is -1.34. The summed E-state index contributed by atoms with van der Waals surface area (Å²) in [4.78, 5) is 4.39. The Morgan fingerprint density at radius 2 is 2.00 bits per heavy atom. The van der Waals surface area contributed by atoms with Crippen molar-refractivity contribution in [2.24, 2.45) is 0 Å². The van der Waals surface area contributed by atoms with Crippen LogP contribution in [0.25, 0.3) is 11.4 Å². The number of aromatic nitrogens is 2. The summed E-state index contributed by atoms with van der Waals surface area (Å²) in [6.07, 6.45) is 1.89. The van der Waals surface area contributed by atoms with Gasteiger partial charge in [-0.3, -0.25) is 0 Å². The molecule has 0 fully saturated rings. The SMILES string of the molecule is CC(SCCCS(C)(=O)=O)c1nc(-c2ccccc2)no1. The first-order chi connectivity index (χ1) is 9.96. The molecule has 0 aliphatic rings. The molecule has 0 saturated carbocycles. The van der Waals surface area contributed by atoms with Crippen molar-refractivity contribution in [3.8, 4) is 11.4 Å². The predicted octanol–water partition coefficient (Wildman–Crippen LogP) is 2.97. The van der Waals surface area contributed by atoms with Crippen LogP contribution in [0.15, 0.2) is 34.9 Å². The molecule has 1 aromatic carbocycles. The highest BCUT2D eigenvalue weighted by Crippen LogP contribution is 2.28. The fourth-order valence-corrected chi connectivity index (χ4v) is 3.51. The van der Waals surface area contributed by atoms with Crippen LogP contribution < -0.4 is 0 Å². The first kappa shape index (κ1) is 16.0. The lowest BCUT2D eigenvalue weighted by Crippen LogP contribution is -2.04. The average Bonchev–Trinajstić information content (AvgIpc) is 2.93. The summed E-state index contributed by atoms with van der Waals surface area (Å²) in [5, 5.41) is 4.03. The Kier molecular flexibility index (Phi) is 5.41. The van der Waals surface area contributed by atoms with Gasteiger partial charge in [0.2, 0.25) is 11.7 Å². The van der Waals surface area contributed by atoms with Crippen LogP contribution in [-0.4, -0.2) is 36.3 Å². The number of hydrogen-bond donors (Lipinski definition) is 0. The molecule has 0 aliphatic heterocycles. The smallest absolute Gasteiger partial charge is 0.239 e. The van der Waals surface area contributed by atoms with E-state index in [0.717, 1.165) is 11.3 Å². The predicted molar refractivity (Wildman–Crippen MR) is 84.9 cm³/mol. The number of benzene rings is 1. The zero-order valence-corrected chi connectivity index (χ0v) is 13.7. The normalized spacial score (nSPS) is 13.2. The van der Waals surface area contributed by atoms with E-state index in [2.05, 4.69) is 10.1 Å². The van der Waals surface area contributed by atoms with Crippen molar-refractivity contribution in [1.29, 1.82) is 0 Å². The van der Waals surface area contributed by atoms with Crippen LogP contribution >= 0.6 is 11.8 Å². The van der Waals surface area contributed by atoms with Crippen LogP contribution in [0.1, 0.15) is 24.5 Å². The van der Waals surface area contributed by atoms with E-state index in [1.54, 1.807) is 11.8 Å². The largest absolute Gasteiger partial charge is 0.338 e. The summed E-state index contributed by atoms with van der Waals surface area (Å²) in [6.45, 7) is 1.98. The Labute approximate surface area is 129 Å². The van der Waals surface area contributed by atoms with Crippen LogP contribution in [0.2, 0.25) is 0 Å². The van der Waals surface area contributed by atoms with Gasteiger partial charge in [0.15, 0.2) is 0 Å². The quantitative estimate of drug-likeness (QED) is 0.728. The summed E-state index contributed by atoms with van der Waals surface area (Å²) in [7, 11) is -2.88. The van der Waals surface area contributed by atoms with Crippen molar-refractivity contribution >= 4 is 21.6 Å². The Bertz CT molecular complexity index is 669. The van der Waals surface area contributed by atoms with Gasteiger partial charge in [0.1, 0.15) is 9.84 Å². The lowest BCUT2D eigenvalue weighted by Gasteiger charge is -2.05. The summed E-state index contributed by atoms with van der Waals surface area (Å²) in [5.74, 6) is 2.11. The van der Waals surface area contributed by atoms with Gasteiger partial charge in [-0.1, -0.05) is 35.5 Å². The molecule has 0 saturated heterocycles. The highest BCUT2D eigenvalue weighted by molar-refractivity contribution is 7.99. The topological polar surface area (TPSA) is 73.1 Å². The van der Waals surface area contributed by atoms with Gasteiger partial charge >= 0.3 is 0 Å². The third-order valence-electron chi connectivity index (χ3n) is 2.85. The van der Waals surface area contributed by atoms with E-state index in [0.29, 0.717) is 18.1 Å². The highest BCUT2D eigenvalue weighted by Gasteiger charge is 2.15. The first-order valence-electron chi connectivity index (χ1n) is 6.64. The van der Waals surface area contributed by atoms with Crippen LogP contribution in [0.4, 0.5) is 0 Å². The molecule has 0 spiro atoms. The average molecular weight is 326 g/mol. The van der Waals surface area contributed by atoms with Crippen molar-refractivity contribution in [2.45, 2.75) is 18.6 Å². The van der Waals surface area contributed by atoms with Gasteiger partial charge in [-0.15, -0.1) is 11.8 Å². The van der Waals surface area contributed by atoms with E-state index < -0.39 is 9.84 Å². The van der Waals surface area contributed by atoms with E-state index in [9.17, 15) is 8.42 Å². The van der Waals surface area contributed by atoms with Gasteiger partial charge in [-0.2, -0.15) is 4.98 Å². The number of sulfone groups is 1. The summed E-state index contributed by atoms with van der Waals surface area (Å²) >= 11 is 1.62. The molecule has 0 radical (unpaired) electrons. The lowest BCUT2D eigenvalue weighted by molar-refractivity contribution is 0.381. The monoisotopic (exact) mass is 326 g/mol. The third-order valence-corrected chi connectivity index (χ3v) is 5.11. The fraction of sp³-hybridized carbons (Fsp3) is 0.429. The highest BCUT2D eigenvalue weighted by atomic mass is 32.2. The molecule has 0 aliphatic carbocycles. The third kappa shape index (κ3) is 5.17. The van der Waals surface area contributed by atoms with Gasteiger partial charge < -0.3 is 4.52 Å². The minimum Gasteiger partial charge on any atom is -0.338 e. The van der Waals surface area contributed by atoms with E-state index in [4.69, 9.17) is 4.52 Å². The molecule has 5 nitrogen and oxygen atoms in total. The maximum absolute atomic E-state index is 11.1. The maximum Gasteiger partial charge on any atom is 0.239 e. The van der Waals surface area contributed by atoms with E-state index in [1.165, 1.54) is 6.26 Å². The molecule has 2 rings (SSSR count). The molecule has 1 atom stereocenters. The molecule has 0 amide bonds. The molecule has 1 unspecified atom stereocenters.